The van der Waals surface area contributed by atoms with Gasteiger partial charge in [-0.15, -0.1) is 0 Å². The molecule has 1 fully saturated rings. The van der Waals surface area contributed by atoms with Crippen molar-refractivity contribution in [3.8, 4) is 0 Å². The Kier molecular flexibility index (Phi) is 6.24. The van der Waals surface area contributed by atoms with Crippen molar-refractivity contribution in [1.29, 1.82) is 0 Å². The summed E-state index contributed by atoms with van der Waals surface area (Å²) in [4.78, 5) is 18.6. The Hall–Kier alpha value is -2.67. The lowest BCUT2D eigenvalue weighted by molar-refractivity contribution is -0.125. The monoisotopic (exact) mass is 392 g/mol. The van der Waals surface area contributed by atoms with Crippen LogP contribution in [0.4, 0.5) is 20.2 Å². The van der Waals surface area contributed by atoms with E-state index in [1.54, 1.807) is 29.2 Å². The van der Waals surface area contributed by atoms with Gasteiger partial charge in [0.2, 0.25) is 5.84 Å². The van der Waals surface area contributed by atoms with Crippen molar-refractivity contribution in [3.05, 3.63) is 59.1 Å². The summed E-state index contributed by atoms with van der Waals surface area (Å²) in [6.07, 6.45) is 2.90. The topological polar surface area (TPSA) is 56.7 Å². The Morgan fingerprint density at radius 1 is 1.00 bits per heavy atom. The van der Waals surface area contributed by atoms with Gasteiger partial charge in [-0.3, -0.25) is 15.6 Å². The fourth-order valence-corrected chi connectivity index (χ4v) is 2.90. The maximum Gasteiger partial charge on any atom is 0.291 e. The second kappa shape index (κ2) is 8.81. The fourth-order valence-electron chi connectivity index (χ4n) is 2.77. The van der Waals surface area contributed by atoms with Gasteiger partial charge in [0.15, 0.2) is 0 Å². The van der Waals surface area contributed by atoms with Gasteiger partial charge in [-0.05, 0) is 55.7 Å². The second-order valence-corrected chi connectivity index (χ2v) is 6.63. The largest absolute Gasteiger partial charge is 0.336 e. The quantitative estimate of drug-likeness (QED) is 0.465. The minimum Gasteiger partial charge on any atom is -0.336 e. The highest BCUT2D eigenvalue weighted by Crippen LogP contribution is 2.18. The first-order valence-corrected chi connectivity index (χ1v) is 9.01. The van der Waals surface area contributed by atoms with Gasteiger partial charge in [-0.2, -0.15) is 0 Å². The number of likely N-dealkylation sites (tertiary alicyclic amines) is 1. The zero-order chi connectivity index (χ0) is 19.2. The van der Waals surface area contributed by atoms with Crippen LogP contribution in [0, 0.1) is 11.6 Å². The number of piperidine rings is 1. The highest BCUT2D eigenvalue weighted by atomic mass is 35.5. The summed E-state index contributed by atoms with van der Waals surface area (Å²) in [6.45, 7) is 1.25. The Balaban J connectivity index is 1.83. The summed E-state index contributed by atoms with van der Waals surface area (Å²) in [5, 5.41) is 0.578. The number of amidine groups is 1. The maximum atomic E-state index is 13.5. The van der Waals surface area contributed by atoms with Crippen molar-refractivity contribution in [2.45, 2.75) is 19.3 Å². The molecule has 0 atom stereocenters. The lowest BCUT2D eigenvalue weighted by Gasteiger charge is -2.27. The molecule has 0 bridgehead atoms. The van der Waals surface area contributed by atoms with Gasteiger partial charge in [0.1, 0.15) is 11.6 Å². The molecule has 2 aromatic carbocycles. The van der Waals surface area contributed by atoms with E-state index < -0.39 is 11.6 Å². The molecule has 0 unspecified atom stereocenters. The van der Waals surface area contributed by atoms with E-state index in [0.717, 1.165) is 37.5 Å². The van der Waals surface area contributed by atoms with E-state index >= 15 is 0 Å². The van der Waals surface area contributed by atoms with Gasteiger partial charge < -0.3 is 4.90 Å². The summed E-state index contributed by atoms with van der Waals surface area (Å²) in [7, 11) is 0. The number of halogens is 3. The molecule has 1 heterocycles. The third kappa shape index (κ3) is 5.40. The molecule has 2 aromatic rings. The molecular formula is C19H19ClF2N4O. The number of amides is 1. The van der Waals surface area contributed by atoms with Crippen LogP contribution in [-0.2, 0) is 4.79 Å². The molecule has 0 spiro atoms. The van der Waals surface area contributed by atoms with Crippen molar-refractivity contribution in [1.82, 2.24) is 10.3 Å². The highest BCUT2D eigenvalue weighted by molar-refractivity contribution is 6.38. The number of nitrogens with zero attached hydrogens (tertiary/aromatic N) is 2. The van der Waals surface area contributed by atoms with Crippen LogP contribution < -0.4 is 10.9 Å². The molecule has 8 heteroatoms. The van der Waals surface area contributed by atoms with Gasteiger partial charge in [0.05, 0.1) is 11.4 Å². The Bertz CT molecular complexity index is 816. The van der Waals surface area contributed by atoms with Crippen LogP contribution in [0.3, 0.4) is 0 Å². The number of carbonyl (C=O) groups excluding carboxylic acids is 1. The van der Waals surface area contributed by atoms with Crippen molar-refractivity contribution in [2.75, 3.05) is 18.5 Å². The SMILES string of the molecule is O=C(C(=Nc1cc(F)cc(F)c1)NNc1ccc(Cl)cc1)N1CCCCC1. The normalized spacial score (nSPS) is 14.8. The summed E-state index contributed by atoms with van der Waals surface area (Å²) in [6, 6.07) is 9.71. The van der Waals surface area contributed by atoms with E-state index in [1.165, 1.54) is 0 Å². The zero-order valence-corrected chi connectivity index (χ0v) is 15.3. The van der Waals surface area contributed by atoms with E-state index in [2.05, 4.69) is 15.8 Å². The van der Waals surface area contributed by atoms with E-state index in [4.69, 9.17) is 11.6 Å². The van der Waals surface area contributed by atoms with E-state index in [-0.39, 0.29) is 17.4 Å². The molecule has 0 aromatic heterocycles. The first-order valence-electron chi connectivity index (χ1n) is 8.63. The van der Waals surface area contributed by atoms with Gasteiger partial charge >= 0.3 is 0 Å². The molecule has 1 aliphatic rings. The van der Waals surface area contributed by atoms with E-state index in [9.17, 15) is 13.6 Å². The molecule has 0 radical (unpaired) electrons. The molecule has 142 valence electrons. The number of hydrogen-bond donors (Lipinski definition) is 2. The molecule has 3 rings (SSSR count). The number of aliphatic imine (C=N–C) groups is 1. The standard InChI is InChI=1S/C19H19ClF2N4O/c20-13-4-6-16(7-5-13)24-25-18(19(27)26-8-2-1-3-9-26)23-17-11-14(21)10-15(22)12-17/h4-7,10-12,24H,1-3,8-9H2,(H,23,25). The summed E-state index contributed by atoms with van der Waals surface area (Å²) in [5.41, 5.74) is 6.30. The van der Waals surface area contributed by atoms with E-state index in [0.29, 0.717) is 23.8 Å². The predicted octanol–water partition coefficient (Wildman–Crippen LogP) is 4.28. The fraction of sp³-hybridized carbons (Fsp3) is 0.263. The number of anilines is 1. The van der Waals surface area contributed by atoms with Crippen LogP contribution >= 0.6 is 11.6 Å². The number of rotatable bonds is 3. The molecule has 0 aliphatic carbocycles. The van der Waals surface area contributed by atoms with Gasteiger partial charge in [-0.25, -0.2) is 13.8 Å². The molecule has 2 N–H and O–H groups in total. The minimum absolute atomic E-state index is 0.0123. The molecule has 5 nitrogen and oxygen atoms in total. The molecule has 1 aliphatic heterocycles. The number of hydrazine groups is 1. The number of hydrogen-bond acceptors (Lipinski definition) is 3. The average Bonchev–Trinajstić information content (AvgIpc) is 2.66. The summed E-state index contributed by atoms with van der Waals surface area (Å²) < 4.78 is 26.9. The highest BCUT2D eigenvalue weighted by Gasteiger charge is 2.22. The van der Waals surface area contributed by atoms with Crippen LogP contribution in [0.25, 0.3) is 0 Å². The molecule has 0 saturated carbocycles. The van der Waals surface area contributed by atoms with Gasteiger partial charge in [0.25, 0.3) is 5.91 Å². The lowest BCUT2D eigenvalue weighted by atomic mass is 10.1. The van der Waals surface area contributed by atoms with Crippen molar-refractivity contribution in [3.63, 3.8) is 0 Å². The maximum absolute atomic E-state index is 13.5. The Morgan fingerprint density at radius 3 is 2.26 bits per heavy atom. The Morgan fingerprint density at radius 2 is 1.63 bits per heavy atom. The Labute approximate surface area is 161 Å². The predicted molar refractivity (Wildman–Crippen MR) is 102 cm³/mol. The first-order chi connectivity index (χ1) is 13.0. The molecule has 27 heavy (non-hydrogen) atoms. The van der Waals surface area contributed by atoms with Crippen LogP contribution in [0.15, 0.2) is 47.5 Å². The summed E-state index contributed by atoms with van der Waals surface area (Å²) in [5.74, 6) is -1.90. The van der Waals surface area contributed by atoms with Crippen LogP contribution in [0.1, 0.15) is 19.3 Å². The van der Waals surface area contributed by atoms with Crippen molar-refractivity contribution >= 4 is 34.7 Å². The molecule has 1 amide bonds. The van der Waals surface area contributed by atoms with Gasteiger partial charge in [-0.1, -0.05) is 11.6 Å². The van der Waals surface area contributed by atoms with Crippen LogP contribution in [-0.4, -0.2) is 29.7 Å². The zero-order valence-electron chi connectivity index (χ0n) is 14.5. The average molecular weight is 393 g/mol. The minimum atomic E-state index is -0.760. The summed E-state index contributed by atoms with van der Waals surface area (Å²) >= 11 is 5.86. The van der Waals surface area contributed by atoms with Gasteiger partial charge in [0, 0.05) is 24.2 Å². The van der Waals surface area contributed by atoms with Crippen molar-refractivity contribution < 1.29 is 13.6 Å². The number of benzene rings is 2. The number of carbonyl (C=O) groups is 1. The smallest absolute Gasteiger partial charge is 0.291 e. The first kappa shape index (κ1) is 19.1. The van der Waals surface area contributed by atoms with Crippen LogP contribution in [0.5, 0.6) is 0 Å². The van der Waals surface area contributed by atoms with E-state index in [1.807, 2.05) is 0 Å². The third-order valence-electron chi connectivity index (χ3n) is 4.10. The van der Waals surface area contributed by atoms with Crippen LogP contribution in [0.2, 0.25) is 5.02 Å². The van der Waals surface area contributed by atoms with Crippen molar-refractivity contribution in [2.24, 2.45) is 4.99 Å². The molecular weight excluding hydrogens is 374 g/mol. The molecule has 1 saturated heterocycles. The number of nitrogens with one attached hydrogen (secondary N) is 2. The third-order valence-corrected chi connectivity index (χ3v) is 4.36. The lowest BCUT2D eigenvalue weighted by Crippen LogP contribution is -2.46. The second-order valence-electron chi connectivity index (χ2n) is 6.20.